The van der Waals surface area contributed by atoms with Gasteiger partial charge in [0.05, 0.1) is 41.0 Å². The zero-order chi connectivity index (χ0) is 24.6. The summed E-state index contributed by atoms with van der Waals surface area (Å²) in [5, 5.41) is 11.4. The van der Waals surface area contributed by atoms with E-state index in [1.165, 1.54) is 16.7 Å². The summed E-state index contributed by atoms with van der Waals surface area (Å²) in [6.07, 6.45) is 1.01. The van der Waals surface area contributed by atoms with Crippen molar-refractivity contribution in [2.75, 3.05) is 12.0 Å². The Morgan fingerprint density at radius 1 is 1.29 bits per heavy atom. The molecule has 4 N–H and O–H groups in total. The molecule has 0 aliphatic carbocycles. The van der Waals surface area contributed by atoms with Crippen molar-refractivity contribution in [1.29, 1.82) is 0 Å². The van der Waals surface area contributed by atoms with Crippen LogP contribution in [0.25, 0.3) is 22.3 Å². The maximum absolute atomic E-state index is 14.3. The number of ether oxygens (including phenoxy) is 1. The van der Waals surface area contributed by atoms with Crippen LogP contribution in [0.3, 0.4) is 0 Å². The van der Waals surface area contributed by atoms with Gasteiger partial charge in [-0.1, -0.05) is 6.92 Å². The number of nitrogens with one attached hydrogen (secondary N) is 1. The Hall–Kier alpha value is -3.35. The number of benzene rings is 1. The predicted octanol–water partition coefficient (Wildman–Crippen LogP) is 0.850. The molecule has 178 valence electrons. The quantitative estimate of drug-likeness (QED) is 0.282. The summed E-state index contributed by atoms with van der Waals surface area (Å²) in [6, 6.07) is 4.07. The normalized spacial score (nSPS) is 19.0. The van der Waals surface area contributed by atoms with E-state index in [1.54, 1.807) is 6.92 Å². The molecule has 0 bridgehead atoms. The number of aliphatic hydroxyl groups is 1. The molecule has 3 aromatic rings. The van der Waals surface area contributed by atoms with Gasteiger partial charge in [0.15, 0.2) is 5.60 Å². The number of pyridine rings is 2. The summed E-state index contributed by atoms with van der Waals surface area (Å²) in [5.41, 5.74) is 5.45. The summed E-state index contributed by atoms with van der Waals surface area (Å²) in [4.78, 5) is 30.2. The minimum atomic E-state index is -3.57. The zero-order valence-corrected chi connectivity index (χ0v) is 19.1. The van der Waals surface area contributed by atoms with Crippen LogP contribution >= 0.6 is 0 Å². The number of carbonyl (C=O) groups is 1. The van der Waals surface area contributed by atoms with E-state index >= 15 is 0 Å². The van der Waals surface area contributed by atoms with Crippen LogP contribution < -0.4 is 16.0 Å². The zero-order valence-electron chi connectivity index (χ0n) is 18.3. The van der Waals surface area contributed by atoms with Crippen LogP contribution in [0, 0.1) is 5.82 Å². The van der Waals surface area contributed by atoms with Crippen LogP contribution in [-0.4, -0.2) is 35.3 Å². The lowest BCUT2D eigenvalue weighted by Gasteiger charge is -2.31. The molecule has 12 heteroatoms. The van der Waals surface area contributed by atoms with E-state index in [1.807, 2.05) is 0 Å². The predicted molar refractivity (Wildman–Crippen MR) is 121 cm³/mol. The fourth-order valence-electron chi connectivity index (χ4n) is 4.61. The van der Waals surface area contributed by atoms with Crippen LogP contribution in [0.2, 0.25) is 0 Å². The minimum absolute atomic E-state index is 0.00620. The van der Waals surface area contributed by atoms with Gasteiger partial charge in [-0.25, -0.2) is 27.3 Å². The van der Waals surface area contributed by atoms with Crippen molar-refractivity contribution in [3.63, 3.8) is 0 Å². The molecule has 5 rings (SSSR count). The largest absolute Gasteiger partial charge is 0.458 e. The Morgan fingerprint density at radius 2 is 2.03 bits per heavy atom. The van der Waals surface area contributed by atoms with Gasteiger partial charge in [0.2, 0.25) is 10.0 Å². The number of nitrogens with two attached hydrogens (primary N) is 1. The van der Waals surface area contributed by atoms with Crippen LogP contribution in [0.4, 0.5) is 10.1 Å². The van der Waals surface area contributed by atoms with Crippen molar-refractivity contribution in [2.24, 2.45) is 0 Å². The number of rotatable bonds is 4. The molecule has 2 aromatic heterocycles. The van der Waals surface area contributed by atoms with E-state index in [4.69, 9.17) is 10.5 Å². The average molecular weight is 488 g/mol. The van der Waals surface area contributed by atoms with Gasteiger partial charge in [-0.2, -0.15) is 0 Å². The molecule has 2 aliphatic heterocycles. The highest BCUT2D eigenvalue weighted by atomic mass is 32.2. The fourth-order valence-corrected chi connectivity index (χ4v) is 5.01. The van der Waals surface area contributed by atoms with Gasteiger partial charge < -0.3 is 20.1 Å². The van der Waals surface area contributed by atoms with E-state index < -0.39 is 33.0 Å². The van der Waals surface area contributed by atoms with Gasteiger partial charge in [-0.15, -0.1) is 0 Å². The van der Waals surface area contributed by atoms with Crippen molar-refractivity contribution in [3.8, 4) is 11.4 Å². The van der Waals surface area contributed by atoms with E-state index in [0.717, 1.165) is 12.3 Å². The Labute approximate surface area is 193 Å². The van der Waals surface area contributed by atoms with Crippen LogP contribution in [0.15, 0.2) is 23.0 Å². The van der Waals surface area contributed by atoms with E-state index in [2.05, 4.69) is 9.71 Å². The first-order valence-corrected chi connectivity index (χ1v) is 12.4. The first-order chi connectivity index (χ1) is 15.9. The number of hydrogen-bond donors (Lipinski definition) is 3. The maximum atomic E-state index is 14.3. The minimum Gasteiger partial charge on any atom is -0.458 e. The number of nitrogens with zero attached hydrogens (tertiary/aromatic N) is 2. The summed E-state index contributed by atoms with van der Waals surface area (Å²) in [6.45, 7) is 1.26. The van der Waals surface area contributed by atoms with Crippen molar-refractivity contribution >= 4 is 32.6 Å². The van der Waals surface area contributed by atoms with Crippen LogP contribution in [0.5, 0.6) is 0 Å². The Balaban J connectivity index is 1.81. The molecule has 0 saturated heterocycles. The monoisotopic (exact) mass is 488 g/mol. The summed E-state index contributed by atoms with van der Waals surface area (Å²) < 4.78 is 46.8. The number of fused-ring (bicyclic) bond motifs is 5. The van der Waals surface area contributed by atoms with Crippen molar-refractivity contribution in [2.45, 2.75) is 38.6 Å². The lowest BCUT2D eigenvalue weighted by molar-refractivity contribution is -0.172. The number of halogens is 1. The number of cyclic esters (lactones) is 1. The Bertz CT molecular complexity index is 1580. The first-order valence-electron chi connectivity index (χ1n) is 10.5. The number of esters is 1. The molecule has 1 unspecified atom stereocenters. The number of carbonyl (C=O) groups excluding carboxylic acids is 1. The van der Waals surface area contributed by atoms with Crippen molar-refractivity contribution in [1.82, 2.24) is 14.3 Å². The standard InChI is InChI=1S/C22H21FN4O6S/c1-3-22(30)14-5-18-19-12(8-27(18)20(28)13(14)9-33-21(22)29)11(7-25-34(2,31)32)10-4-16(24)15(23)6-17(10)26-19/h4-6,25,30H,3,7-9,24H2,1-2H3. The molecular formula is C22H21FN4O6S. The second-order valence-corrected chi connectivity index (χ2v) is 10.3. The van der Waals surface area contributed by atoms with E-state index in [-0.39, 0.29) is 48.4 Å². The van der Waals surface area contributed by atoms with Gasteiger partial charge in [-0.05, 0) is 24.1 Å². The molecule has 0 saturated carbocycles. The van der Waals surface area contributed by atoms with Crippen molar-refractivity contribution < 1.29 is 27.4 Å². The number of nitrogen functional groups attached to an aromatic ring is 1. The molecular weight excluding hydrogens is 467 g/mol. The molecule has 0 spiro atoms. The molecule has 0 radical (unpaired) electrons. The van der Waals surface area contributed by atoms with Gasteiger partial charge >= 0.3 is 5.97 Å². The maximum Gasteiger partial charge on any atom is 0.343 e. The smallest absolute Gasteiger partial charge is 0.343 e. The Kier molecular flexibility index (Phi) is 4.83. The summed E-state index contributed by atoms with van der Waals surface area (Å²) in [7, 11) is -3.57. The molecule has 34 heavy (non-hydrogen) atoms. The van der Waals surface area contributed by atoms with E-state index in [9.17, 15) is 27.5 Å². The molecule has 1 aromatic carbocycles. The topological polar surface area (TPSA) is 154 Å². The summed E-state index contributed by atoms with van der Waals surface area (Å²) in [5.74, 6) is -1.53. The molecule has 4 heterocycles. The third-order valence-electron chi connectivity index (χ3n) is 6.44. The second-order valence-electron chi connectivity index (χ2n) is 8.50. The third kappa shape index (κ3) is 3.21. The SMILES string of the molecule is CCC1(O)C(=O)OCc2c1cc1n(c2=O)Cc2c-1nc1cc(F)c(N)cc1c2CNS(C)(=O)=O. The molecule has 0 fully saturated rings. The van der Waals surface area contributed by atoms with Crippen LogP contribution in [-0.2, 0) is 44.9 Å². The molecule has 10 nitrogen and oxygen atoms in total. The molecule has 1 atom stereocenters. The second kappa shape index (κ2) is 7.32. The Morgan fingerprint density at radius 3 is 2.71 bits per heavy atom. The fraction of sp³-hybridized carbons (Fsp3) is 0.318. The van der Waals surface area contributed by atoms with E-state index in [0.29, 0.717) is 27.9 Å². The molecule has 0 amide bonds. The highest BCUT2D eigenvalue weighted by molar-refractivity contribution is 7.88. The first kappa shape index (κ1) is 22.4. The van der Waals surface area contributed by atoms with Gasteiger partial charge in [0, 0.05) is 29.1 Å². The van der Waals surface area contributed by atoms with Crippen molar-refractivity contribution in [3.05, 3.63) is 56.6 Å². The number of anilines is 1. The molecule has 2 aliphatic rings. The number of hydrogen-bond acceptors (Lipinski definition) is 8. The number of sulfonamides is 1. The number of aromatic nitrogens is 2. The lowest BCUT2D eigenvalue weighted by atomic mass is 9.86. The van der Waals surface area contributed by atoms with Gasteiger partial charge in [0.1, 0.15) is 12.4 Å². The third-order valence-corrected chi connectivity index (χ3v) is 7.10. The van der Waals surface area contributed by atoms with Gasteiger partial charge in [-0.3, -0.25) is 4.79 Å². The highest BCUT2D eigenvalue weighted by Crippen LogP contribution is 2.40. The lowest BCUT2D eigenvalue weighted by Crippen LogP contribution is -2.44. The van der Waals surface area contributed by atoms with Crippen LogP contribution in [0.1, 0.15) is 35.6 Å². The average Bonchev–Trinajstić information content (AvgIpc) is 3.13. The summed E-state index contributed by atoms with van der Waals surface area (Å²) >= 11 is 0. The highest BCUT2D eigenvalue weighted by Gasteiger charge is 2.45. The van der Waals surface area contributed by atoms with Gasteiger partial charge in [0.25, 0.3) is 5.56 Å².